The van der Waals surface area contributed by atoms with Gasteiger partial charge in [0, 0.05) is 68.2 Å². The second kappa shape index (κ2) is 7.19. The topological polar surface area (TPSA) is 56.5 Å². The van der Waals surface area contributed by atoms with Crippen molar-refractivity contribution in [3.05, 3.63) is 70.3 Å². The average molecular weight is 391 g/mol. The van der Waals surface area contributed by atoms with Gasteiger partial charge in [-0.2, -0.15) is 0 Å². The molecule has 1 amide bonds. The summed E-state index contributed by atoms with van der Waals surface area (Å²) in [5.41, 5.74) is 2.91. The number of methoxy groups -OCH3 is 1. The number of piperidine rings is 1. The van der Waals surface area contributed by atoms with Crippen molar-refractivity contribution in [1.29, 1.82) is 0 Å². The molecule has 1 fully saturated rings. The SMILES string of the molecule is COCCn1ccc2ccc(C(=O)N3C[C@@H]4C[C@H](C3)c3cccc(=O)n3C4)cc21. The molecule has 1 aromatic carbocycles. The number of rotatable bonds is 4. The lowest BCUT2D eigenvalue weighted by atomic mass is 9.83. The highest BCUT2D eigenvalue weighted by Gasteiger charge is 2.36. The lowest BCUT2D eigenvalue weighted by Gasteiger charge is -2.42. The fraction of sp³-hybridized carbons (Fsp3) is 0.391. The van der Waals surface area contributed by atoms with Crippen molar-refractivity contribution in [3.8, 4) is 0 Å². The van der Waals surface area contributed by atoms with E-state index in [4.69, 9.17) is 4.74 Å². The number of fused-ring (bicyclic) bond motifs is 5. The van der Waals surface area contributed by atoms with Gasteiger partial charge in [-0.15, -0.1) is 0 Å². The molecule has 0 radical (unpaired) electrons. The van der Waals surface area contributed by atoms with Crippen molar-refractivity contribution in [3.63, 3.8) is 0 Å². The molecule has 150 valence electrons. The van der Waals surface area contributed by atoms with Crippen molar-refractivity contribution >= 4 is 16.8 Å². The van der Waals surface area contributed by atoms with Gasteiger partial charge in [0.25, 0.3) is 11.5 Å². The van der Waals surface area contributed by atoms with E-state index in [9.17, 15) is 9.59 Å². The van der Waals surface area contributed by atoms with Crippen LogP contribution in [-0.2, 0) is 17.8 Å². The second-order valence-electron chi connectivity index (χ2n) is 8.18. The minimum Gasteiger partial charge on any atom is -0.383 e. The van der Waals surface area contributed by atoms with E-state index in [1.807, 2.05) is 46.0 Å². The predicted octanol–water partition coefficient (Wildman–Crippen LogP) is 2.71. The molecule has 0 spiro atoms. The van der Waals surface area contributed by atoms with Crippen molar-refractivity contribution in [1.82, 2.24) is 14.0 Å². The number of hydrogen-bond donors (Lipinski definition) is 0. The Morgan fingerprint density at radius 2 is 2.03 bits per heavy atom. The van der Waals surface area contributed by atoms with E-state index >= 15 is 0 Å². The van der Waals surface area contributed by atoms with Gasteiger partial charge in [-0.3, -0.25) is 9.59 Å². The third-order valence-corrected chi connectivity index (χ3v) is 6.32. The van der Waals surface area contributed by atoms with E-state index in [0.29, 0.717) is 32.2 Å². The van der Waals surface area contributed by atoms with Crippen LogP contribution in [0.2, 0.25) is 0 Å². The normalized spacial score (nSPS) is 20.7. The molecular weight excluding hydrogens is 366 g/mol. The van der Waals surface area contributed by atoms with E-state index in [-0.39, 0.29) is 17.4 Å². The van der Waals surface area contributed by atoms with Crippen LogP contribution in [0.25, 0.3) is 10.9 Å². The van der Waals surface area contributed by atoms with Gasteiger partial charge >= 0.3 is 0 Å². The maximum atomic E-state index is 13.3. The number of ether oxygens (including phenoxy) is 1. The molecule has 1 saturated heterocycles. The maximum absolute atomic E-state index is 13.3. The van der Waals surface area contributed by atoms with Crippen LogP contribution in [0.1, 0.15) is 28.4 Å². The Morgan fingerprint density at radius 3 is 2.90 bits per heavy atom. The summed E-state index contributed by atoms with van der Waals surface area (Å²) in [5, 5.41) is 1.13. The Hall–Kier alpha value is -2.86. The van der Waals surface area contributed by atoms with E-state index in [1.54, 1.807) is 13.2 Å². The zero-order valence-corrected chi connectivity index (χ0v) is 16.6. The van der Waals surface area contributed by atoms with Gasteiger partial charge in [-0.1, -0.05) is 12.1 Å². The Balaban J connectivity index is 1.42. The fourth-order valence-electron chi connectivity index (χ4n) is 4.95. The van der Waals surface area contributed by atoms with Gasteiger partial charge < -0.3 is 18.8 Å². The summed E-state index contributed by atoms with van der Waals surface area (Å²) in [6.07, 6.45) is 3.09. The molecule has 2 atom stereocenters. The molecule has 2 bridgehead atoms. The van der Waals surface area contributed by atoms with E-state index < -0.39 is 0 Å². The second-order valence-corrected chi connectivity index (χ2v) is 8.18. The zero-order chi connectivity index (χ0) is 20.0. The minimum atomic E-state index is 0.0687. The van der Waals surface area contributed by atoms with Gasteiger partial charge in [0.15, 0.2) is 0 Å². The van der Waals surface area contributed by atoms with Gasteiger partial charge in [0.05, 0.1) is 6.61 Å². The molecule has 3 aromatic rings. The Morgan fingerprint density at radius 1 is 1.14 bits per heavy atom. The van der Waals surface area contributed by atoms with E-state index in [1.165, 1.54) is 0 Å². The lowest BCUT2D eigenvalue weighted by molar-refractivity contribution is 0.0594. The molecule has 29 heavy (non-hydrogen) atoms. The summed E-state index contributed by atoms with van der Waals surface area (Å²) in [6.45, 7) is 3.47. The molecule has 2 aliphatic rings. The smallest absolute Gasteiger partial charge is 0.253 e. The van der Waals surface area contributed by atoms with E-state index in [0.717, 1.165) is 35.1 Å². The van der Waals surface area contributed by atoms with Gasteiger partial charge in [0.1, 0.15) is 0 Å². The standard InChI is InChI=1S/C23H25N3O3/c1-29-10-9-24-8-7-17-5-6-18(12-21(17)24)23(28)25-13-16-11-19(15-25)20-3-2-4-22(27)26(20)14-16/h2-8,12,16,19H,9-11,13-15H2,1H3/t16-,19+/m0/s1. The number of likely N-dealkylation sites (tertiary alicyclic amines) is 1. The molecule has 6 nitrogen and oxygen atoms in total. The Kier molecular flexibility index (Phi) is 4.51. The first-order chi connectivity index (χ1) is 14.1. The molecule has 2 aromatic heterocycles. The maximum Gasteiger partial charge on any atom is 0.253 e. The van der Waals surface area contributed by atoms with Crippen LogP contribution in [0.5, 0.6) is 0 Å². The molecule has 6 heteroatoms. The van der Waals surface area contributed by atoms with Crippen LogP contribution in [0, 0.1) is 5.92 Å². The van der Waals surface area contributed by atoms with Crippen LogP contribution < -0.4 is 5.56 Å². The summed E-state index contributed by atoms with van der Waals surface area (Å²) in [4.78, 5) is 27.5. The number of benzene rings is 1. The molecule has 4 heterocycles. The van der Waals surface area contributed by atoms with Crippen molar-refractivity contribution in [2.75, 3.05) is 26.8 Å². The van der Waals surface area contributed by atoms with Crippen LogP contribution in [0.15, 0.2) is 53.5 Å². The quantitative estimate of drug-likeness (QED) is 0.687. The van der Waals surface area contributed by atoms with Gasteiger partial charge in [-0.25, -0.2) is 0 Å². The summed E-state index contributed by atoms with van der Waals surface area (Å²) < 4.78 is 9.22. The first-order valence-corrected chi connectivity index (χ1v) is 10.2. The van der Waals surface area contributed by atoms with Crippen LogP contribution >= 0.6 is 0 Å². The number of nitrogens with zero attached hydrogens (tertiary/aromatic N) is 3. The molecule has 0 saturated carbocycles. The summed E-state index contributed by atoms with van der Waals surface area (Å²) in [7, 11) is 1.69. The monoisotopic (exact) mass is 391 g/mol. The van der Waals surface area contributed by atoms with Crippen molar-refractivity contribution in [2.24, 2.45) is 5.92 Å². The molecule has 2 aliphatic heterocycles. The highest BCUT2D eigenvalue weighted by Crippen LogP contribution is 2.35. The number of pyridine rings is 1. The molecule has 0 aliphatic carbocycles. The minimum absolute atomic E-state index is 0.0687. The molecule has 0 unspecified atom stereocenters. The third kappa shape index (κ3) is 3.17. The number of carbonyl (C=O) groups excluding carboxylic acids is 1. The highest BCUT2D eigenvalue weighted by molar-refractivity contribution is 5.98. The Bertz CT molecular complexity index is 1130. The first kappa shape index (κ1) is 18.2. The summed E-state index contributed by atoms with van der Waals surface area (Å²) in [5.74, 6) is 0.641. The summed E-state index contributed by atoms with van der Waals surface area (Å²) in [6, 6.07) is 13.5. The van der Waals surface area contributed by atoms with E-state index in [2.05, 4.69) is 10.6 Å². The average Bonchev–Trinajstić information content (AvgIpc) is 3.14. The summed E-state index contributed by atoms with van der Waals surface area (Å²) >= 11 is 0. The van der Waals surface area contributed by atoms with Crippen LogP contribution in [-0.4, -0.2) is 46.7 Å². The number of aromatic nitrogens is 2. The van der Waals surface area contributed by atoms with Gasteiger partial charge in [-0.05, 0) is 42.0 Å². The van der Waals surface area contributed by atoms with Crippen LogP contribution in [0.4, 0.5) is 0 Å². The molecule has 5 rings (SSSR count). The Labute approximate surface area is 169 Å². The predicted molar refractivity (Wildman–Crippen MR) is 111 cm³/mol. The van der Waals surface area contributed by atoms with Crippen molar-refractivity contribution < 1.29 is 9.53 Å². The molecule has 0 N–H and O–H groups in total. The number of amides is 1. The number of carbonyl (C=O) groups is 1. The van der Waals surface area contributed by atoms with Crippen molar-refractivity contribution in [2.45, 2.75) is 25.4 Å². The fourth-order valence-corrected chi connectivity index (χ4v) is 4.95. The largest absolute Gasteiger partial charge is 0.383 e. The van der Waals surface area contributed by atoms with Gasteiger partial charge in [0.2, 0.25) is 0 Å². The molecular formula is C23H25N3O3. The third-order valence-electron chi connectivity index (χ3n) is 6.32. The lowest BCUT2D eigenvalue weighted by Crippen LogP contribution is -2.49. The zero-order valence-electron chi connectivity index (χ0n) is 16.6. The first-order valence-electron chi connectivity index (χ1n) is 10.2. The highest BCUT2D eigenvalue weighted by atomic mass is 16.5. The number of hydrogen-bond acceptors (Lipinski definition) is 3. The van der Waals surface area contributed by atoms with Crippen LogP contribution in [0.3, 0.4) is 0 Å².